The Hall–Kier alpha value is -1.63. The maximum atomic E-state index is 13.9. The Bertz CT molecular complexity index is 341. The zero-order valence-corrected chi connectivity index (χ0v) is 7.73. The highest BCUT2D eigenvalue weighted by Crippen LogP contribution is 2.24. The molecule has 0 aliphatic rings. The lowest BCUT2D eigenvalue weighted by Gasteiger charge is -2.07. The molecule has 0 heterocycles. The van der Waals surface area contributed by atoms with Crippen LogP contribution in [0.15, 0.2) is 60.7 Å². The molecule has 0 nitrogen and oxygen atoms in total. The molecule has 0 spiro atoms. The van der Waals surface area contributed by atoms with E-state index in [-0.39, 0.29) is 0 Å². The van der Waals surface area contributed by atoms with Crippen LogP contribution in [0.5, 0.6) is 0 Å². The summed E-state index contributed by atoms with van der Waals surface area (Å²) in [5, 5.41) is 0. The van der Waals surface area contributed by atoms with Gasteiger partial charge in [-0.1, -0.05) is 60.7 Å². The Morgan fingerprint density at radius 2 is 1.00 bits per heavy atom. The molecule has 1 heteroatoms. The van der Waals surface area contributed by atoms with Gasteiger partial charge in [0.1, 0.15) is 0 Å². The Morgan fingerprint density at radius 3 is 1.36 bits per heavy atom. The first kappa shape index (κ1) is 8.95. The van der Waals surface area contributed by atoms with Gasteiger partial charge in [-0.2, -0.15) is 0 Å². The summed E-state index contributed by atoms with van der Waals surface area (Å²) in [4.78, 5) is 0. The van der Waals surface area contributed by atoms with Crippen molar-refractivity contribution in [3.63, 3.8) is 0 Å². The maximum Gasteiger partial charge on any atom is 0.150 e. The van der Waals surface area contributed by atoms with Crippen LogP contribution in [0.3, 0.4) is 0 Å². The first-order valence-electron chi connectivity index (χ1n) is 4.62. The lowest BCUT2D eigenvalue weighted by Crippen LogP contribution is -1.92. The zero-order valence-electron chi connectivity index (χ0n) is 7.73. The predicted octanol–water partition coefficient (Wildman–Crippen LogP) is 3.75. The molecule has 0 N–H and O–H groups in total. The van der Waals surface area contributed by atoms with Gasteiger partial charge in [-0.05, 0) is 11.1 Å². The molecule has 2 aromatic rings. The fourth-order valence-corrected chi connectivity index (χ4v) is 1.44. The van der Waals surface area contributed by atoms with Gasteiger partial charge in [-0.25, -0.2) is 4.39 Å². The molecule has 70 valence electrons. The van der Waals surface area contributed by atoms with Crippen molar-refractivity contribution in [2.45, 2.75) is 6.17 Å². The van der Waals surface area contributed by atoms with Gasteiger partial charge in [0, 0.05) is 0 Å². The zero-order chi connectivity index (χ0) is 9.80. The minimum atomic E-state index is -1.02. The first-order valence-corrected chi connectivity index (χ1v) is 4.62. The molecule has 0 amide bonds. The Kier molecular flexibility index (Phi) is 2.59. The molecule has 0 bridgehead atoms. The minimum absolute atomic E-state index is 0.707. The minimum Gasteiger partial charge on any atom is -0.237 e. The number of rotatable bonds is 2. The lowest BCUT2D eigenvalue weighted by atomic mass is 10.0. The summed E-state index contributed by atoms with van der Waals surface area (Å²) in [6.07, 6.45) is -1.02. The molecule has 14 heavy (non-hydrogen) atoms. The van der Waals surface area contributed by atoms with E-state index in [9.17, 15) is 4.39 Å². The van der Waals surface area contributed by atoms with E-state index in [1.165, 1.54) is 0 Å². The molecule has 0 unspecified atom stereocenters. The summed E-state index contributed by atoms with van der Waals surface area (Å²) >= 11 is 0. The third-order valence-corrected chi connectivity index (χ3v) is 2.18. The Balaban J connectivity index is 2.30. The van der Waals surface area contributed by atoms with E-state index < -0.39 is 6.17 Å². The van der Waals surface area contributed by atoms with Crippen LogP contribution >= 0.6 is 0 Å². The summed E-state index contributed by atoms with van der Waals surface area (Å²) in [7, 11) is 0. The quantitative estimate of drug-likeness (QED) is 0.670. The molecular formula is C13H11F. The van der Waals surface area contributed by atoms with Crippen molar-refractivity contribution in [3.05, 3.63) is 71.8 Å². The monoisotopic (exact) mass is 186 g/mol. The average Bonchev–Trinajstić information content (AvgIpc) is 2.30. The van der Waals surface area contributed by atoms with Crippen molar-refractivity contribution < 1.29 is 4.39 Å². The van der Waals surface area contributed by atoms with Crippen molar-refractivity contribution in [3.8, 4) is 0 Å². The predicted molar refractivity (Wildman–Crippen MR) is 55.8 cm³/mol. The van der Waals surface area contributed by atoms with Gasteiger partial charge in [0.05, 0.1) is 0 Å². The van der Waals surface area contributed by atoms with Gasteiger partial charge < -0.3 is 0 Å². The van der Waals surface area contributed by atoms with Gasteiger partial charge >= 0.3 is 0 Å². The van der Waals surface area contributed by atoms with Crippen molar-refractivity contribution >= 4 is 0 Å². The largest absolute Gasteiger partial charge is 0.237 e. The Labute approximate surface area is 83.0 Å². The summed E-state index contributed by atoms with van der Waals surface area (Å²) in [6, 6.07) is 18.4. The molecule has 0 aliphatic heterocycles. The summed E-state index contributed by atoms with van der Waals surface area (Å²) in [5.41, 5.74) is 1.41. The van der Waals surface area contributed by atoms with Crippen LogP contribution in [0.2, 0.25) is 0 Å². The van der Waals surface area contributed by atoms with Crippen LogP contribution in [0.25, 0.3) is 0 Å². The van der Waals surface area contributed by atoms with Crippen LogP contribution in [-0.2, 0) is 0 Å². The van der Waals surface area contributed by atoms with Crippen LogP contribution in [0.4, 0.5) is 4.39 Å². The SMILES string of the molecule is FC(c1ccccc1)c1ccccc1. The number of hydrogen-bond acceptors (Lipinski definition) is 0. The smallest absolute Gasteiger partial charge is 0.150 e. The molecule has 0 saturated heterocycles. The third kappa shape index (κ3) is 1.82. The van der Waals surface area contributed by atoms with Crippen molar-refractivity contribution in [1.82, 2.24) is 0 Å². The summed E-state index contributed by atoms with van der Waals surface area (Å²) in [6.45, 7) is 0. The third-order valence-electron chi connectivity index (χ3n) is 2.18. The molecule has 0 aromatic heterocycles. The van der Waals surface area contributed by atoms with Crippen LogP contribution < -0.4 is 0 Å². The van der Waals surface area contributed by atoms with E-state index >= 15 is 0 Å². The van der Waals surface area contributed by atoms with Crippen molar-refractivity contribution in [1.29, 1.82) is 0 Å². The second kappa shape index (κ2) is 4.05. The molecule has 0 radical (unpaired) electrons. The molecule has 2 rings (SSSR count). The van der Waals surface area contributed by atoms with E-state index in [0.717, 1.165) is 0 Å². The highest BCUT2D eigenvalue weighted by atomic mass is 19.1. The molecule has 0 aliphatic carbocycles. The van der Waals surface area contributed by atoms with Gasteiger partial charge in [0.2, 0.25) is 0 Å². The van der Waals surface area contributed by atoms with Crippen molar-refractivity contribution in [2.75, 3.05) is 0 Å². The Morgan fingerprint density at radius 1 is 0.643 bits per heavy atom. The van der Waals surface area contributed by atoms with E-state index in [1.807, 2.05) is 36.4 Å². The maximum absolute atomic E-state index is 13.9. The van der Waals surface area contributed by atoms with Crippen LogP contribution in [0.1, 0.15) is 17.3 Å². The van der Waals surface area contributed by atoms with Gasteiger partial charge in [-0.3, -0.25) is 0 Å². The molecule has 2 aromatic carbocycles. The molecule has 0 fully saturated rings. The molecular weight excluding hydrogens is 175 g/mol. The fraction of sp³-hybridized carbons (Fsp3) is 0.0769. The van der Waals surface area contributed by atoms with Gasteiger partial charge in [0.15, 0.2) is 6.17 Å². The van der Waals surface area contributed by atoms with E-state index in [4.69, 9.17) is 0 Å². The van der Waals surface area contributed by atoms with Crippen molar-refractivity contribution in [2.24, 2.45) is 0 Å². The second-order valence-corrected chi connectivity index (χ2v) is 3.18. The number of halogens is 1. The first-order chi connectivity index (χ1) is 6.88. The number of alkyl halides is 1. The van der Waals surface area contributed by atoms with E-state index in [0.29, 0.717) is 11.1 Å². The highest BCUT2D eigenvalue weighted by molar-refractivity contribution is 5.29. The lowest BCUT2D eigenvalue weighted by molar-refractivity contribution is 0.402. The van der Waals surface area contributed by atoms with Crippen LogP contribution in [-0.4, -0.2) is 0 Å². The van der Waals surface area contributed by atoms with Gasteiger partial charge in [-0.15, -0.1) is 0 Å². The summed E-state index contributed by atoms with van der Waals surface area (Å²) < 4.78 is 13.9. The van der Waals surface area contributed by atoms with E-state index in [1.54, 1.807) is 24.3 Å². The van der Waals surface area contributed by atoms with Gasteiger partial charge in [0.25, 0.3) is 0 Å². The molecule has 0 saturated carbocycles. The fourth-order valence-electron chi connectivity index (χ4n) is 1.44. The summed E-state index contributed by atoms with van der Waals surface area (Å²) in [5.74, 6) is 0. The van der Waals surface area contributed by atoms with Crippen LogP contribution in [0, 0.1) is 0 Å². The molecule has 0 atom stereocenters. The highest BCUT2D eigenvalue weighted by Gasteiger charge is 2.10. The normalized spacial score (nSPS) is 10.4. The number of hydrogen-bond donors (Lipinski definition) is 0. The topological polar surface area (TPSA) is 0 Å². The average molecular weight is 186 g/mol. The second-order valence-electron chi connectivity index (χ2n) is 3.18. The standard InChI is InChI=1S/C13H11F/c14-13(11-7-3-1-4-8-11)12-9-5-2-6-10-12/h1-10,13H. The van der Waals surface area contributed by atoms with E-state index in [2.05, 4.69) is 0 Å². The number of benzene rings is 2.